The number of hydrogen-bond donors (Lipinski definition) is 1. The minimum atomic E-state index is -1.02. The van der Waals surface area contributed by atoms with E-state index in [9.17, 15) is 5.11 Å². The summed E-state index contributed by atoms with van der Waals surface area (Å²) in [5.41, 5.74) is 1.35. The average Bonchev–Trinajstić information content (AvgIpc) is 2.81. The fourth-order valence-corrected chi connectivity index (χ4v) is 5.49. The van der Waals surface area contributed by atoms with Crippen molar-refractivity contribution >= 4 is 0 Å². The van der Waals surface area contributed by atoms with E-state index in [2.05, 4.69) is 54.3 Å². The quantitative estimate of drug-likeness (QED) is 0.563. The maximum absolute atomic E-state index is 11.8. The molecule has 31 heavy (non-hydrogen) atoms. The molecule has 2 nitrogen and oxygen atoms in total. The molecule has 4 rings (SSSR count). The highest BCUT2D eigenvalue weighted by Crippen LogP contribution is 2.39. The van der Waals surface area contributed by atoms with E-state index in [4.69, 9.17) is 0 Å². The highest BCUT2D eigenvalue weighted by atomic mass is 35.5. The fourth-order valence-electron chi connectivity index (χ4n) is 5.49. The summed E-state index contributed by atoms with van der Waals surface area (Å²) in [6.07, 6.45) is 9.73. The van der Waals surface area contributed by atoms with Crippen molar-refractivity contribution in [2.24, 2.45) is 5.92 Å². The summed E-state index contributed by atoms with van der Waals surface area (Å²) >= 11 is 0. The molecule has 2 aromatic carbocycles. The Morgan fingerprint density at radius 2 is 1.39 bits per heavy atom. The van der Waals surface area contributed by atoms with Gasteiger partial charge in [0.15, 0.2) is 5.60 Å². The number of likely N-dealkylation sites (tertiary alicyclic amines) is 1. The van der Waals surface area contributed by atoms with Crippen LogP contribution in [0.4, 0.5) is 0 Å². The smallest absolute Gasteiger partial charge is 0.153 e. The van der Waals surface area contributed by atoms with Crippen LogP contribution in [0.25, 0.3) is 0 Å². The number of piperidine rings is 1. The van der Waals surface area contributed by atoms with Gasteiger partial charge in [-0.3, -0.25) is 0 Å². The standard InChI is InChI=1S/C28H36NO.ClH/c30-28(26-16-7-2-8-17-26,27-18-9-3-10-19-27)20-13-23-29(21-11-4-12-22-29)24-25-14-5-1-6-15-25;/h1-2,5-8,14-17,27,30H,3-4,9-12,18-19,21-24H2;1H/q+1;/p-1. The molecule has 0 amide bonds. The van der Waals surface area contributed by atoms with Crippen LogP contribution >= 0.6 is 0 Å². The first-order valence-electron chi connectivity index (χ1n) is 11.9. The van der Waals surface area contributed by atoms with Gasteiger partial charge in [0.05, 0.1) is 13.1 Å². The number of halogens is 1. The van der Waals surface area contributed by atoms with Crippen LogP contribution in [0, 0.1) is 17.8 Å². The molecule has 1 unspecified atom stereocenters. The maximum Gasteiger partial charge on any atom is 0.153 e. The second kappa shape index (κ2) is 11.2. The van der Waals surface area contributed by atoms with Crippen molar-refractivity contribution in [3.8, 4) is 11.8 Å². The molecule has 2 fully saturated rings. The van der Waals surface area contributed by atoms with E-state index in [1.54, 1.807) is 0 Å². The minimum Gasteiger partial charge on any atom is -1.00 e. The van der Waals surface area contributed by atoms with Crippen LogP contribution in [0.5, 0.6) is 0 Å². The molecule has 1 atom stereocenters. The lowest BCUT2D eigenvalue weighted by Gasteiger charge is -2.40. The molecule has 0 aromatic heterocycles. The van der Waals surface area contributed by atoms with Crippen LogP contribution in [-0.4, -0.2) is 29.2 Å². The fraction of sp³-hybridized carbons (Fsp3) is 0.500. The van der Waals surface area contributed by atoms with Crippen molar-refractivity contribution < 1.29 is 22.0 Å². The molecule has 1 saturated carbocycles. The highest BCUT2D eigenvalue weighted by molar-refractivity contribution is 5.33. The van der Waals surface area contributed by atoms with Gasteiger partial charge < -0.3 is 22.0 Å². The summed E-state index contributed by atoms with van der Waals surface area (Å²) in [5.74, 6) is 7.20. The van der Waals surface area contributed by atoms with Crippen molar-refractivity contribution in [2.75, 3.05) is 19.6 Å². The first kappa shape index (κ1) is 23.9. The van der Waals surface area contributed by atoms with Gasteiger partial charge in [0.25, 0.3) is 0 Å². The van der Waals surface area contributed by atoms with Crippen molar-refractivity contribution in [3.63, 3.8) is 0 Å². The van der Waals surface area contributed by atoms with Gasteiger partial charge >= 0.3 is 0 Å². The summed E-state index contributed by atoms with van der Waals surface area (Å²) < 4.78 is 1.03. The Hall–Kier alpha value is -1.79. The zero-order chi connectivity index (χ0) is 20.7. The van der Waals surface area contributed by atoms with Crippen LogP contribution in [0.1, 0.15) is 62.5 Å². The third-order valence-electron chi connectivity index (χ3n) is 7.23. The largest absolute Gasteiger partial charge is 1.00 e. The summed E-state index contributed by atoms with van der Waals surface area (Å²) in [6, 6.07) is 21.0. The molecule has 2 aliphatic rings. The SMILES string of the molecule is OC(C#CC[N+]1(Cc2ccccc2)CCCCC1)(c1ccccc1)C1CCCCC1.[Cl-]. The first-order valence-corrected chi connectivity index (χ1v) is 11.9. The zero-order valence-corrected chi connectivity index (χ0v) is 19.4. The van der Waals surface area contributed by atoms with E-state index >= 15 is 0 Å². The van der Waals surface area contributed by atoms with Gasteiger partial charge in [0, 0.05) is 11.5 Å². The van der Waals surface area contributed by atoms with E-state index in [1.165, 1.54) is 57.2 Å². The Bertz CT molecular complexity index is 845. The Labute approximate surface area is 194 Å². The molecule has 1 saturated heterocycles. The molecule has 1 N–H and O–H groups in total. The topological polar surface area (TPSA) is 20.2 Å². The summed E-state index contributed by atoms with van der Waals surface area (Å²) in [7, 11) is 0. The van der Waals surface area contributed by atoms with Gasteiger partial charge in [-0.1, -0.05) is 85.8 Å². The van der Waals surface area contributed by atoms with E-state index in [0.717, 1.165) is 36.0 Å². The summed E-state index contributed by atoms with van der Waals surface area (Å²) in [4.78, 5) is 0. The molecule has 1 heterocycles. The number of hydrogen-bond acceptors (Lipinski definition) is 1. The molecule has 0 bridgehead atoms. The van der Waals surface area contributed by atoms with Crippen molar-refractivity contribution in [3.05, 3.63) is 71.8 Å². The molecular formula is C28H36ClNO. The third-order valence-corrected chi connectivity index (χ3v) is 7.23. The lowest BCUT2D eigenvalue weighted by molar-refractivity contribution is -0.938. The molecule has 166 valence electrons. The molecule has 3 heteroatoms. The summed E-state index contributed by atoms with van der Waals surface area (Å²) in [5, 5.41) is 11.8. The van der Waals surface area contributed by atoms with Gasteiger partial charge in [-0.15, -0.1) is 0 Å². The molecule has 1 aliphatic carbocycles. The number of quaternary nitrogens is 1. The maximum atomic E-state index is 11.8. The lowest BCUT2D eigenvalue weighted by atomic mass is 9.73. The zero-order valence-electron chi connectivity index (χ0n) is 18.6. The Morgan fingerprint density at radius 1 is 0.806 bits per heavy atom. The van der Waals surface area contributed by atoms with E-state index < -0.39 is 5.60 Å². The Kier molecular flexibility index (Phi) is 8.61. The van der Waals surface area contributed by atoms with Gasteiger partial charge in [0.1, 0.15) is 13.1 Å². The number of nitrogens with zero attached hydrogens (tertiary/aromatic N) is 1. The Morgan fingerprint density at radius 3 is 2.03 bits per heavy atom. The monoisotopic (exact) mass is 437 g/mol. The second-order valence-corrected chi connectivity index (χ2v) is 9.42. The molecule has 0 spiro atoms. The predicted octanol–water partition coefficient (Wildman–Crippen LogP) is 2.66. The first-order chi connectivity index (χ1) is 14.7. The normalized spacial score (nSPS) is 20.5. The predicted molar refractivity (Wildman–Crippen MR) is 124 cm³/mol. The molecule has 1 aliphatic heterocycles. The van der Waals surface area contributed by atoms with Crippen LogP contribution in [0.2, 0.25) is 0 Å². The highest BCUT2D eigenvalue weighted by Gasteiger charge is 2.38. The van der Waals surface area contributed by atoms with Crippen LogP contribution in [-0.2, 0) is 12.1 Å². The number of aliphatic hydroxyl groups is 1. The van der Waals surface area contributed by atoms with Gasteiger partial charge in [0.2, 0.25) is 0 Å². The van der Waals surface area contributed by atoms with Crippen molar-refractivity contribution in [1.29, 1.82) is 0 Å². The lowest BCUT2D eigenvalue weighted by Crippen LogP contribution is -3.00. The van der Waals surface area contributed by atoms with Crippen LogP contribution in [0.3, 0.4) is 0 Å². The number of benzene rings is 2. The average molecular weight is 438 g/mol. The van der Waals surface area contributed by atoms with Crippen molar-refractivity contribution in [2.45, 2.75) is 63.5 Å². The molecule has 0 radical (unpaired) electrons. The number of rotatable bonds is 5. The summed E-state index contributed by atoms with van der Waals surface area (Å²) in [6.45, 7) is 4.26. The van der Waals surface area contributed by atoms with E-state index in [-0.39, 0.29) is 18.3 Å². The minimum absolute atomic E-state index is 0. The molecule has 2 aromatic rings. The van der Waals surface area contributed by atoms with Gasteiger partial charge in [-0.05, 0) is 43.6 Å². The Balaban J connectivity index is 0.00000272. The van der Waals surface area contributed by atoms with Crippen molar-refractivity contribution in [1.82, 2.24) is 0 Å². The van der Waals surface area contributed by atoms with Gasteiger partial charge in [-0.2, -0.15) is 0 Å². The van der Waals surface area contributed by atoms with Gasteiger partial charge in [-0.25, -0.2) is 0 Å². The van der Waals surface area contributed by atoms with Crippen LogP contribution < -0.4 is 12.4 Å². The van der Waals surface area contributed by atoms with E-state index in [0.29, 0.717) is 0 Å². The van der Waals surface area contributed by atoms with Crippen LogP contribution in [0.15, 0.2) is 60.7 Å². The molecular weight excluding hydrogens is 402 g/mol. The second-order valence-electron chi connectivity index (χ2n) is 9.42. The van der Waals surface area contributed by atoms with E-state index in [1.807, 2.05) is 18.2 Å². The third kappa shape index (κ3) is 5.92.